The van der Waals surface area contributed by atoms with Crippen LogP contribution in [0.15, 0.2) is 29.0 Å². The fourth-order valence-corrected chi connectivity index (χ4v) is 3.43. The lowest BCUT2D eigenvalue weighted by Gasteiger charge is -2.36. The predicted octanol–water partition coefficient (Wildman–Crippen LogP) is 1.54. The number of ether oxygens (including phenoxy) is 1. The summed E-state index contributed by atoms with van der Waals surface area (Å²) in [7, 11) is 0. The van der Waals surface area contributed by atoms with Crippen molar-refractivity contribution in [3.05, 3.63) is 41.5 Å². The van der Waals surface area contributed by atoms with Gasteiger partial charge in [-0.2, -0.15) is 0 Å². The molecule has 1 aliphatic rings. The van der Waals surface area contributed by atoms with E-state index in [-0.39, 0.29) is 30.7 Å². The lowest BCUT2D eigenvalue weighted by atomic mass is 9.97. The highest BCUT2D eigenvalue weighted by Gasteiger charge is 2.32. The highest BCUT2D eigenvalue weighted by molar-refractivity contribution is 5.94. The highest BCUT2D eigenvalue weighted by Crippen LogP contribution is 2.22. The van der Waals surface area contributed by atoms with Crippen molar-refractivity contribution in [2.45, 2.75) is 51.4 Å². The zero-order chi connectivity index (χ0) is 21.5. The highest BCUT2D eigenvalue weighted by atomic mass is 16.5. The number of hydrogen-bond acceptors (Lipinski definition) is 7. The Morgan fingerprint density at radius 1 is 1.23 bits per heavy atom. The normalized spacial score (nSPS) is 21.1. The first-order valence-corrected chi connectivity index (χ1v) is 9.93. The molecule has 10 nitrogen and oxygen atoms in total. The number of anilines is 1. The van der Waals surface area contributed by atoms with Crippen molar-refractivity contribution in [3.8, 4) is 0 Å². The molecule has 3 amide bonds. The number of rotatable bonds is 7. The van der Waals surface area contributed by atoms with E-state index in [9.17, 15) is 14.7 Å². The van der Waals surface area contributed by atoms with Crippen LogP contribution in [0.3, 0.4) is 0 Å². The van der Waals surface area contributed by atoms with E-state index < -0.39 is 6.10 Å². The van der Waals surface area contributed by atoms with Gasteiger partial charge >= 0.3 is 6.03 Å². The van der Waals surface area contributed by atoms with Crippen molar-refractivity contribution in [3.63, 3.8) is 0 Å². The van der Waals surface area contributed by atoms with Gasteiger partial charge in [0.15, 0.2) is 5.76 Å². The minimum Gasteiger partial charge on any atom is -0.394 e. The number of aliphatic hydroxyl groups excluding tert-OH is 1. The van der Waals surface area contributed by atoms with Crippen LogP contribution in [0.4, 0.5) is 10.5 Å². The minimum absolute atomic E-state index is 0.115. The van der Waals surface area contributed by atoms with Gasteiger partial charge in [0, 0.05) is 24.5 Å². The summed E-state index contributed by atoms with van der Waals surface area (Å²) >= 11 is 0. The third-order valence-corrected chi connectivity index (χ3v) is 5.08. The van der Waals surface area contributed by atoms with Gasteiger partial charge in [0.2, 0.25) is 0 Å². The van der Waals surface area contributed by atoms with Gasteiger partial charge in [-0.25, -0.2) is 4.79 Å². The van der Waals surface area contributed by atoms with E-state index >= 15 is 0 Å². The maximum absolute atomic E-state index is 12.3. The topological polar surface area (TPSA) is 139 Å². The first kappa shape index (κ1) is 21.7. The number of carbonyl (C=O) groups excluding carboxylic acids is 2. The van der Waals surface area contributed by atoms with Gasteiger partial charge in [-0.15, -0.1) is 0 Å². The number of amides is 3. The van der Waals surface area contributed by atoms with Crippen molar-refractivity contribution in [1.82, 2.24) is 20.8 Å². The number of hydrogen-bond donors (Lipinski definition) is 4. The molecule has 0 unspecified atom stereocenters. The average Bonchev–Trinajstić information content (AvgIpc) is 3.07. The molecule has 0 aliphatic carbocycles. The molecule has 4 N–H and O–H groups in total. The largest absolute Gasteiger partial charge is 0.394 e. The maximum Gasteiger partial charge on any atom is 0.319 e. The third-order valence-electron chi connectivity index (χ3n) is 5.08. The summed E-state index contributed by atoms with van der Waals surface area (Å²) in [6.07, 6.45) is 4.49. The summed E-state index contributed by atoms with van der Waals surface area (Å²) in [4.78, 5) is 28.3. The number of carbonyl (C=O) groups is 2. The molecular formula is C20H27N5O5. The van der Waals surface area contributed by atoms with Crippen LogP contribution in [0.5, 0.6) is 0 Å². The Balaban J connectivity index is 1.42. The molecule has 1 saturated heterocycles. The standard InChI is InChI=1S/C20H27N5O5/c1-12-18(13(2)30-25-12)24-20(28)22-10-7-15-3-4-16(17(11-26)29-15)23-19(27)14-5-8-21-9-6-14/h5-6,8-9,15-17,26H,3-4,7,10-11H2,1-2H3,(H,23,27)(H2,22,24,28)/t15-,16-,17+/m1/s1. The molecule has 3 heterocycles. The molecule has 1 fully saturated rings. The summed E-state index contributed by atoms with van der Waals surface area (Å²) in [5.41, 5.74) is 1.69. The van der Waals surface area contributed by atoms with Gasteiger partial charge in [-0.05, 0) is 45.2 Å². The van der Waals surface area contributed by atoms with Gasteiger partial charge in [0.1, 0.15) is 17.5 Å². The fourth-order valence-electron chi connectivity index (χ4n) is 3.43. The Morgan fingerprint density at radius 2 is 2.00 bits per heavy atom. The maximum atomic E-state index is 12.3. The molecular weight excluding hydrogens is 390 g/mol. The van der Waals surface area contributed by atoms with Gasteiger partial charge in [0.25, 0.3) is 5.91 Å². The first-order chi connectivity index (χ1) is 14.5. The Hall–Kier alpha value is -2.98. The Kier molecular flexibility index (Phi) is 7.36. The summed E-state index contributed by atoms with van der Waals surface area (Å²) in [6, 6.07) is 2.65. The summed E-state index contributed by atoms with van der Waals surface area (Å²) < 4.78 is 11.0. The molecule has 1 aliphatic heterocycles. The van der Waals surface area contributed by atoms with Crippen molar-refractivity contribution in [2.75, 3.05) is 18.5 Å². The predicted molar refractivity (Wildman–Crippen MR) is 108 cm³/mol. The van der Waals surface area contributed by atoms with E-state index in [1.807, 2.05) is 0 Å². The SMILES string of the molecule is Cc1noc(C)c1NC(=O)NCC[C@H]1CC[C@@H](NC(=O)c2ccncc2)[C@H](CO)O1. The van der Waals surface area contributed by atoms with Crippen LogP contribution < -0.4 is 16.0 Å². The number of urea groups is 1. The number of aromatic nitrogens is 2. The molecule has 0 radical (unpaired) electrons. The molecule has 30 heavy (non-hydrogen) atoms. The second-order valence-corrected chi connectivity index (χ2v) is 7.24. The smallest absolute Gasteiger partial charge is 0.319 e. The van der Waals surface area contributed by atoms with Crippen molar-refractivity contribution >= 4 is 17.6 Å². The lowest BCUT2D eigenvalue weighted by molar-refractivity contribution is -0.0892. The second kappa shape index (κ2) is 10.2. The molecule has 0 aromatic carbocycles. The Morgan fingerprint density at radius 3 is 2.67 bits per heavy atom. The number of pyridine rings is 1. The number of nitrogens with one attached hydrogen (secondary N) is 3. The number of aliphatic hydroxyl groups is 1. The summed E-state index contributed by atoms with van der Waals surface area (Å²) in [5.74, 6) is 0.324. The van der Waals surface area contributed by atoms with Gasteiger partial charge in [-0.1, -0.05) is 5.16 Å². The van der Waals surface area contributed by atoms with Crippen LogP contribution in [-0.2, 0) is 4.74 Å². The molecule has 2 aromatic rings. The average molecular weight is 417 g/mol. The number of aryl methyl sites for hydroxylation is 2. The van der Waals surface area contributed by atoms with Gasteiger partial charge in [0.05, 0.1) is 18.8 Å². The minimum atomic E-state index is -0.495. The molecule has 0 bridgehead atoms. The third kappa shape index (κ3) is 5.55. The van der Waals surface area contributed by atoms with Crippen LogP contribution in [0.2, 0.25) is 0 Å². The van der Waals surface area contributed by atoms with E-state index in [1.54, 1.807) is 38.4 Å². The molecule has 0 spiro atoms. The van der Waals surface area contributed by atoms with E-state index in [4.69, 9.17) is 9.26 Å². The zero-order valence-electron chi connectivity index (χ0n) is 17.1. The molecule has 162 valence electrons. The quantitative estimate of drug-likeness (QED) is 0.536. The zero-order valence-corrected chi connectivity index (χ0v) is 17.1. The lowest BCUT2D eigenvalue weighted by Crippen LogP contribution is -2.51. The van der Waals surface area contributed by atoms with Gasteiger partial charge < -0.3 is 30.3 Å². The van der Waals surface area contributed by atoms with E-state index in [0.717, 1.165) is 0 Å². The monoisotopic (exact) mass is 417 g/mol. The first-order valence-electron chi connectivity index (χ1n) is 9.93. The molecule has 3 atom stereocenters. The van der Waals surface area contributed by atoms with Gasteiger partial charge in [-0.3, -0.25) is 9.78 Å². The summed E-state index contributed by atoms with van der Waals surface area (Å²) in [5, 5.41) is 21.9. The van der Waals surface area contributed by atoms with Crippen molar-refractivity contribution < 1.29 is 24.0 Å². The van der Waals surface area contributed by atoms with Crippen LogP contribution in [0, 0.1) is 13.8 Å². The van der Waals surface area contributed by atoms with Crippen molar-refractivity contribution in [2.24, 2.45) is 0 Å². The van der Waals surface area contributed by atoms with E-state index in [1.165, 1.54) is 0 Å². The molecule has 3 rings (SSSR count). The van der Waals surface area contributed by atoms with E-state index in [0.29, 0.717) is 48.5 Å². The van der Waals surface area contributed by atoms with Crippen molar-refractivity contribution in [1.29, 1.82) is 0 Å². The van der Waals surface area contributed by atoms with Crippen LogP contribution in [0.1, 0.15) is 41.1 Å². The second-order valence-electron chi connectivity index (χ2n) is 7.24. The number of nitrogens with zero attached hydrogens (tertiary/aromatic N) is 2. The molecule has 0 saturated carbocycles. The van der Waals surface area contributed by atoms with E-state index in [2.05, 4.69) is 26.1 Å². The van der Waals surface area contributed by atoms with Crippen LogP contribution in [0.25, 0.3) is 0 Å². The van der Waals surface area contributed by atoms with Crippen LogP contribution >= 0.6 is 0 Å². The Labute approximate surface area is 174 Å². The molecule has 10 heteroatoms. The Bertz CT molecular complexity index is 837. The molecule has 2 aromatic heterocycles. The summed E-state index contributed by atoms with van der Waals surface area (Å²) in [6.45, 7) is 3.69. The fraction of sp³-hybridized carbons (Fsp3) is 0.500. The van der Waals surface area contributed by atoms with Crippen LogP contribution in [-0.4, -0.2) is 58.6 Å².